The molecule has 11 heteroatoms. The second-order valence-corrected chi connectivity index (χ2v) is 10.3. The van der Waals surface area contributed by atoms with Crippen molar-refractivity contribution in [3.63, 3.8) is 0 Å². The van der Waals surface area contributed by atoms with Gasteiger partial charge in [-0.3, -0.25) is 0 Å². The zero-order chi connectivity index (χ0) is 20.3. The Hall–Kier alpha value is 4.35. The Bertz CT molecular complexity index is 404. The van der Waals surface area contributed by atoms with Crippen molar-refractivity contribution in [2.75, 3.05) is 25.5 Å². The molecule has 0 aliphatic heterocycles. The van der Waals surface area contributed by atoms with E-state index in [0.717, 1.165) is 57.8 Å². The fourth-order valence-electron chi connectivity index (χ4n) is 1.94. The van der Waals surface area contributed by atoms with E-state index in [0.29, 0.717) is 19.6 Å². The van der Waals surface area contributed by atoms with Gasteiger partial charge in [-0.15, -0.1) is 0 Å². The van der Waals surface area contributed by atoms with Crippen LogP contribution in [0.3, 0.4) is 0 Å². The van der Waals surface area contributed by atoms with E-state index in [1.54, 1.807) is 0 Å². The SMILES string of the molecule is CCCCCOP(=O)([O-])CCCCC.CCCCOP(=O)([O-])CCCC.[Nd+3].[Nd+3].[Nd+3]. The fraction of sp³-hybridized carbons (Fsp3) is 1.00. The summed E-state index contributed by atoms with van der Waals surface area (Å²) < 4.78 is 32.0. The van der Waals surface area contributed by atoms with Gasteiger partial charge < -0.3 is 28.0 Å². The first-order chi connectivity index (χ1) is 12.2. The molecule has 0 N–H and O–H groups in total. The van der Waals surface area contributed by atoms with Gasteiger partial charge in [-0.25, -0.2) is 0 Å². The van der Waals surface area contributed by atoms with Crippen LogP contribution in [0.25, 0.3) is 0 Å². The maximum absolute atomic E-state index is 11.3. The molecule has 0 amide bonds. The summed E-state index contributed by atoms with van der Waals surface area (Å²) in [4.78, 5) is 22.3. The van der Waals surface area contributed by atoms with Crippen LogP contribution < -0.4 is 9.79 Å². The molecule has 0 heterocycles. The number of unbranched alkanes of at least 4 members (excludes halogenated alkanes) is 6. The Balaban J connectivity index is -0.000000121. The summed E-state index contributed by atoms with van der Waals surface area (Å²) in [6.45, 7) is 8.81. The predicted molar refractivity (Wildman–Crippen MR) is 106 cm³/mol. The molecule has 0 aromatic heterocycles. The Morgan fingerprint density at radius 1 is 0.552 bits per heavy atom. The van der Waals surface area contributed by atoms with Gasteiger partial charge in [-0.2, -0.15) is 0 Å². The third-order valence-electron chi connectivity index (χ3n) is 3.64. The number of rotatable bonds is 16. The molecular formula is C18H40Nd3O6P2+7. The average molecular weight is 847 g/mol. The standard InChI is InChI=1S/C10H23O3P.C8H19O3P.3Nd/c1-3-5-7-9-13-14(11,12)10-8-6-4-2;1-3-5-7-11-12(9,10)8-6-4-2;;;/h3-10H2,1-2H3,(H,11,12);3-8H2,1-2H3,(H,9,10);;;/q;;3*+3/p-2. The van der Waals surface area contributed by atoms with E-state index in [1.807, 2.05) is 13.8 Å². The van der Waals surface area contributed by atoms with Crippen molar-refractivity contribution in [3.8, 4) is 0 Å². The van der Waals surface area contributed by atoms with Gasteiger partial charge in [-0.05, 0) is 25.7 Å². The Kier molecular flexibility index (Phi) is 45.5. The molecule has 163 valence electrons. The maximum Gasteiger partial charge on any atom is 3.00 e. The van der Waals surface area contributed by atoms with E-state index in [9.17, 15) is 18.9 Å². The Labute approximate surface area is 278 Å². The van der Waals surface area contributed by atoms with Gasteiger partial charge in [0.2, 0.25) is 0 Å². The molecule has 0 aromatic carbocycles. The average Bonchev–Trinajstić information content (AvgIpc) is 2.58. The summed E-state index contributed by atoms with van der Waals surface area (Å²) in [7, 11) is -7.00. The third kappa shape index (κ3) is 37.1. The monoisotopic (exact) mass is 840 g/mol. The molecule has 6 nitrogen and oxygen atoms in total. The minimum Gasteiger partial charge on any atom is -0.778 e. The molecule has 0 saturated carbocycles. The van der Waals surface area contributed by atoms with Gasteiger partial charge in [0.25, 0.3) is 0 Å². The van der Waals surface area contributed by atoms with Crippen molar-refractivity contribution in [3.05, 3.63) is 0 Å². The minimum absolute atomic E-state index is 0. The molecule has 2 unspecified atom stereocenters. The number of hydrogen-bond acceptors (Lipinski definition) is 6. The van der Waals surface area contributed by atoms with Crippen LogP contribution in [0.1, 0.15) is 91.9 Å². The van der Waals surface area contributed by atoms with Gasteiger partial charge in [-0.1, -0.05) is 66.2 Å². The summed E-state index contributed by atoms with van der Waals surface area (Å²) in [5, 5.41) is 0. The van der Waals surface area contributed by atoms with Crippen molar-refractivity contribution in [2.45, 2.75) is 91.9 Å². The molecule has 0 spiro atoms. The summed E-state index contributed by atoms with van der Waals surface area (Å²) in [6, 6.07) is 0. The quantitative estimate of drug-likeness (QED) is 0.159. The molecule has 29 heavy (non-hydrogen) atoms. The van der Waals surface area contributed by atoms with Crippen LogP contribution in [0.5, 0.6) is 0 Å². The molecule has 0 saturated heterocycles. The smallest absolute Gasteiger partial charge is 0.778 e. The number of hydrogen-bond donors (Lipinski definition) is 0. The molecule has 0 aromatic rings. The first kappa shape index (κ1) is 43.4. The van der Waals surface area contributed by atoms with Gasteiger partial charge in [0.1, 0.15) is 15.2 Å². The van der Waals surface area contributed by atoms with Gasteiger partial charge in [0, 0.05) is 12.3 Å². The van der Waals surface area contributed by atoms with Crippen molar-refractivity contribution in [2.24, 2.45) is 0 Å². The molecule has 0 aliphatic carbocycles. The van der Waals surface area contributed by atoms with Crippen LogP contribution >= 0.6 is 15.2 Å². The third-order valence-corrected chi connectivity index (χ3v) is 6.52. The van der Waals surface area contributed by atoms with E-state index in [2.05, 4.69) is 13.8 Å². The van der Waals surface area contributed by atoms with Crippen LogP contribution in [0.15, 0.2) is 0 Å². The fourth-order valence-corrected chi connectivity index (χ4v) is 4.33. The molecule has 0 bridgehead atoms. The summed E-state index contributed by atoms with van der Waals surface area (Å²) >= 11 is 0. The molecular weight excluding hydrogens is 807 g/mol. The van der Waals surface area contributed by atoms with E-state index in [1.165, 1.54) is 0 Å². The van der Waals surface area contributed by atoms with E-state index in [-0.39, 0.29) is 135 Å². The van der Waals surface area contributed by atoms with E-state index in [4.69, 9.17) is 9.05 Å². The first-order valence-corrected chi connectivity index (χ1v) is 13.6. The second-order valence-electron chi connectivity index (χ2n) is 6.46. The maximum atomic E-state index is 11.3. The van der Waals surface area contributed by atoms with Crippen molar-refractivity contribution < 1.29 is 150 Å². The van der Waals surface area contributed by atoms with Crippen LogP contribution in [-0.4, -0.2) is 25.5 Å². The second kappa shape index (κ2) is 30.4. The van der Waals surface area contributed by atoms with Gasteiger partial charge in [0.05, 0.1) is 13.2 Å². The van der Waals surface area contributed by atoms with Crippen LogP contribution in [-0.2, 0) is 18.2 Å². The Morgan fingerprint density at radius 2 is 0.897 bits per heavy atom. The zero-order valence-corrected chi connectivity index (χ0v) is 30.2. The van der Waals surface area contributed by atoms with Crippen LogP contribution in [0.4, 0.5) is 0 Å². The van der Waals surface area contributed by atoms with Gasteiger partial charge >= 0.3 is 123 Å². The van der Waals surface area contributed by atoms with E-state index < -0.39 is 15.2 Å². The molecule has 0 fully saturated rings. The topological polar surface area (TPSA) is 98.7 Å². The van der Waals surface area contributed by atoms with Crippen LogP contribution in [0.2, 0.25) is 0 Å². The van der Waals surface area contributed by atoms with E-state index >= 15 is 0 Å². The van der Waals surface area contributed by atoms with Crippen LogP contribution in [0, 0.1) is 123 Å². The van der Waals surface area contributed by atoms with Crippen molar-refractivity contribution >= 4 is 15.2 Å². The predicted octanol–water partition coefficient (Wildman–Crippen LogP) is 5.09. The van der Waals surface area contributed by atoms with Gasteiger partial charge in [0.15, 0.2) is 0 Å². The largest absolute Gasteiger partial charge is 3.00 e. The summed E-state index contributed by atoms with van der Waals surface area (Å²) in [5.41, 5.74) is 0. The first-order valence-electron chi connectivity index (χ1n) is 10.1. The molecule has 0 rings (SSSR count). The molecule has 2 atom stereocenters. The Morgan fingerprint density at radius 3 is 1.31 bits per heavy atom. The van der Waals surface area contributed by atoms with Crippen molar-refractivity contribution in [1.29, 1.82) is 0 Å². The molecule has 0 aliphatic rings. The zero-order valence-electron chi connectivity index (χ0n) is 18.7. The normalized spacial score (nSPS) is 14.0. The minimum atomic E-state index is -3.51. The summed E-state index contributed by atoms with van der Waals surface area (Å²) in [5.74, 6) is 0. The van der Waals surface area contributed by atoms with Crippen molar-refractivity contribution in [1.82, 2.24) is 0 Å². The summed E-state index contributed by atoms with van der Waals surface area (Å²) in [6.07, 6.45) is 9.46. The molecule has 3 radical (unpaired) electrons.